The fraction of sp³-hybridized carbons (Fsp3) is 0.588. The second-order valence-electron chi connectivity index (χ2n) is 7.07. The molecule has 2 aliphatic heterocycles. The highest BCUT2D eigenvalue weighted by molar-refractivity contribution is 5.98. The Balaban J connectivity index is 1.65. The van der Waals surface area contributed by atoms with E-state index in [1.54, 1.807) is 6.07 Å². The van der Waals surface area contributed by atoms with Gasteiger partial charge in [0.25, 0.3) is 5.91 Å². The second-order valence-corrected chi connectivity index (χ2v) is 7.07. The maximum atomic E-state index is 13.4. The van der Waals surface area contributed by atoms with E-state index in [0.29, 0.717) is 25.3 Å². The van der Waals surface area contributed by atoms with Crippen LogP contribution >= 0.6 is 0 Å². The van der Waals surface area contributed by atoms with Crippen LogP contribution in [0.3, 0.4) is 0 Å². The Morgan fingerprint density at radius 1 is 1.29 bits per heavy atom. The van der Waals surface area contributed by atoms with Gasteiger partial charge in [-0.1, -0.05) is 0 Å². The van der Waals surface area contributed by atoms with Crippen LogP contribution < -0.4 is 0 Å². The summed E-state index contributed by atoms with van der Waals surface area (Å²) >= 11 is 0. The van der Waals surface area contributed by atoms with E-state index in [-0.39, 0.29) is 29.2 Å². The average Bonchev–Trinajstić information content (AvgIpc) is 3.18. The van der Waals surface area contributed by atoms with Gasteiger partial charge in [-0.3, -0.25) is 9.69 Å². The lowest BCUT2D eigenvalue weighted by Crippen LogP contribution is -2.43. The molecule has 0 aromatic heterocycles. The van der Waals surface area contributed by atoms with E-state index in [0.717, 1.165) is 19.4 Å². The lowest BCUT2D eigenvalue weighted by molar-refractivity contribution is -0.138. The fourth-order valence-electron chi connectivity index (χ4n) is 3.71. The molecule has 0 atom stereocenters. The van der Waals surface area contributed by atoms with E-state index >= 15 is 0 Å². The number of hydrogen-bond donors (Lipinski definition) is 0. The van der Waals surface area contributed by atoms with Gasteiger partial charge in [-0.25, -0.2) is 0 Å². The summed E-state index contributed by atoms with van der Waals surface area (Å²) in [7, 11) is 1.53. The highest BCUT2D eigenvalue weighted by atomic mass is 19.4. The summed E-state index contributed by atoms with van der Waals surface area (Å²) < 4.78 is 46.0. The van der Waals surface area contributed by atoms with Crippen molar-refractivity contribution in [2.45, 2.75) is 37.7 Å². The third kappa shape index (κ3) is 2.69. The predicted octanol–water partition coefficient (Wildman–Crippen LogP) is 2.66. The summed E-state index contributed by atoms with van der Waals surface area (Å²) in [5.41, 5.74) is 0.0818. The van der Waals surface area contributed by atoms with Crippen molar-refractivity contribution >= 4 is 5.91 Å². The highest BCUT2D eigenvalue weighted by Gasteiger charge is 2.47. The first kappa shape index (κ1) is 15.9. The lowest BCUT2D eigenvalue weighted by atomic mass is 9.98. The molecule has 7 heteroatoms. The van der Waals surface area contributed by atoms with E-state index in [9.17, 15) is 18.0 Å². The van der Waals surface area contributed by atoms with Crippen LogP contribution in [0.1, 0.15) is 39.9 Å². The Labute approximate surface area is 138 Å². The summed E-state index contributed by atoms with van der Waals surface area (Å²) in [6, 6.07) is 2.84. The third-order valence-corrected chi connectivity index (χ3v) is 5.13. The molecule has 24 heavy (non-hydrogen) atoms. The Morgan fingerprint density at radius 3 is 2.71 bits per heavy atom. The largest absolute Gasteiger partial charge is 0.416 e. The molecule has 0 N–H and O–H groups in total. The van der Waals surface area contributed by atoms with Gasteiger partial charge in [-0.05, 0) is 36.1 Å². The number of alkyl halides is 3. The van der Waals surface area contributed by atoms with Gasteiger partial charge >= 0.3 is 6.18 Å². The van der Waals surface area contributed by atoms with Gasteiger partial charge in [0.1, 0.15) is 0 Å². The molecular formula is C17H19F3N2O2. The van der Waals surface area contributed by atoms with E-state index in [4.69, 9.17) is 4.74 Å². The van der Waals surface area contributed by atoms with Crippen molar-refractivity contribution in [2.24, 2.45) is 0 Å². The number of amides is 1. The summed E-state index contributed by atoms with van der Waals surface area (Å²) in [4.78, 5) is 15.6. The molecule has 4 nitrogen and oxygen atoms in total. The van der Waals surface area contributed by atoms with Gasteiger partial charge in [0.2, 0.25) is 0 Å². The summed E-state index contributed by atoms with van der Waals surface area (Å²) in [5, 5.41) is 0. The van der Waals surface area contributed by atoms with Crippen LogP contribution in [0.25, 0.3) is 0 Å². The molecular weight excluding hydrogens is 321 g/mol. The third-order valence-electron chi connectivity index (χ3n) is 5.13. The number of benzene rings is 1. The Bertz CT molecular complexity index is 698. The van der Waals surface area contributed by atoms with Crippen molar-refractivity contribution in [2.75, 3.05) is 26.7 Å². The van der Waals surface area contributed by atoms with Crippen LogP contribution in [-0.4, -0.2) is 48.1 Å². The SMILES string of the molecule is CN1Cc2c(cc(CN3CCOC4(CC4)C3)cc2C(F)(F)F)C1=O. The number of hydrogen-bond acceptors (Lipinski definition) is 3. The van der Waals surface area contributed by atoms with Crippen molar-refractivity contribution in [1.82, 2.24) is 9.80 Å². The molecule has 0 unspecified atom stereocenters. The van der Waals surface area contributed by atoms with Gasteiger partial charge in [-0.2, -0.15) is 13.2 Å². The maximum absolute atomic E-state index is 13.4. The van der Waals surface area contributed by atoms with Crippen molar-refractivity contribution in [3.63, 3.8) is 0 Å². The zero-order valence-corrected chi connectivity index (χ0v) is 13.4. The minimum Gasteiger partial charge on any atom is -0.372 e. The second kappa shape index (κ2) is 5.20. The van der Waals surface area contributed by atoms with Crippen LogP contribution in [0, 0.1) is 0 Å². The molecule has 0 radical (unpaired) electrons. The highest BCUT2D eigenvalue weighted by Crippen LogP contribution is 2.42. The quantitative estimate of drug-likeness (QED) is 0.830. The van der Waals surface area contributed by atoms with Gasteiger partial charge in [0, 0.05) is 38.8 Å². The van der Waals surface area contributed by atoms with E-state index in [2.05, 4.69) is 4.90 Å². The monoisotopic (exact) mass is 340 g/mol. The minimum atomic E-state index is -4.45. The van der Waals surface area contributed by atoms with Crippen LogP contribution in [0.5, 0.6) is 0 Å². The first-order chi connectivity index (χ1) is 11.3. The number of rotatable bonds is 2. The topological polar surface area (TPSA) is 32.8 Å². The zero-order valence-electron chi connectivity index (χ0n) is 13.4. The van der Waals surface area contributed by atoms with E-state index in [1.807, 2.05) is 0 Å². The number of morpholine rings is 1. The maximum Gasteiger partial charge on any atom is 0.416 e. The first-order valence-electron chi connectivity index (χ1n) is 8.12. The van der Waals surface area contributed by atoms with Gasteiger partial charge in [0.05, 0.1) is 17.8 Å². The van der Waals surface area contributed by atoms with Crippen LogP contribution in [0.2, 0.25) is 0 Å². The molecule has 2 heterocycles. The Kier molecular flexibility index (Phi) is 3.44. The fourth-order valence-corrected chi connectivity index (χ4v) is 3.71. The first-order valence-corrected chi connectivity index (χ1v) is 8.12. The van der Waals surface area contributed by atoms with Gasteiger partial charge in [0.15, 0.2) is 0 Å². The van der Waals surface area contributed by atoms with Crippen LogP contribution in [0.4, 0.5) is 13.2 Å². The molecule has 130 valence electrons. The molecule has 2 fully saturated rings. The summed E-state index contributed by atoms with van der Waals surface area (Å²) in [5.74, 6) is -0.335. The molecule has 1 aliphatic carbocycles. The summed E-state index contributed by atoms with van der Waals surface area (Å²) in [6.45, 7) is 2.49. The van der Waals surface area contributed by atoms with Crippen LogP contribution in [0.15, 0.2) is 12.1 Å². The molecule has 1 amide bonds. The van der Waals surface area contributed by atoms with E-state index < -0.39 is 11.7 Å². The predicted molar refractivity (Wildman–Crippen MR) is 80.4 cm³/mol. The van der Waals surface area contributed by atoms with E-state index in [1.165, 1.54) is 18.0 Å². The van der Waals surface area contributed by atoms with Crippen molar-refractivity contribution < 1.29 is 22.7 Å². The molecule has 4 rings (SSSR count). The molecule has 0 bridgehead atoms. The van der Waals surface area contributed by atoms with Gasteiger partial charge in [-0.15, -0.1) is 0 Å². The molecule has 3 aliphatic rings. The number of carbonyl (C=O) groups is 1. The zero-order chi connectivity index (χ0) is 17.1. The number of carbonyl (C=O) groups excluding carboxylic acids is 1. The molecule has 1 spiro atoms. The standard InChI is InChI=1S/C17H19F3N2O2/c1-21-9-13-12(15(21)23)6-11(7-14(13)17(18,19)20)8-22-4-5-24-16(10-22)2-3-16/h6-7H,2-5,8-10H2,1H3. The number of ether oxygens (including phenoxy) is 1. The molecule has 1 aromatic rings. The smallest absolute Gasteiger partial charge is 0.372 e. The van der Waals surface area contributed by atoms with Crippen molar-refractivity contribution in [1.29, 1.82) is 0 Å². The lowest BCUT2D eigenvalue weighted by Gasteiger charge is -2.33. The number of halogens is 3. The molecule has 1 saturated carbocycles. The van der Waals surface area contributed by atoms with Gasteiger partial charge < -0.3 is 9.64 Å². The van der Waals surface area contributed by atoms with Crippen molar-refractivity contribution in [3.8, 4) is 0 Å². The van der Waals surface area contributed by atoms with Crippen molar-refractivity contribution in [3.05, 3.63) is 34.4 Å². The average molecular weight is 340 g/mol. The molecule has 1 saturated heterocycles. The number of nitrogens with zero attached hydrogens (tertiary/aromatic N) is 2. The molecule has 1 aromatic carbocycles. The Hall–Kier alpha value is -1.60. The Morgan fingerprint density at radius 2 is 2.04 bits per heavy atom. The summed E-state index contributed by atoms with van der Waals surface area (Å²) in [6.07, 6.45) is -2.41. The normalized spacial score (nSPS) is 23.0. The number of fused-ring (bicyclic) bond motifs is 1. The van der Waals surface area contributed by atoms with Crippen LogP contribution in [-0.2, 0) is 24.0 Å². The minimum absolute atomic E-state index is 0.0178.